The third-order valence-corrected chi connectivity index (χ3v) is 3.75. The summed E-state index contributed by atoms with van der Waals surface area (Å²) in [5.41, 5.74) is 0.684. The lowest BCUT2D eigenvalue weighted by molar-refractivity contribution is -0.137. The Morgan fingerprint density at radius 3 is 2.95 bits per heavy atom. The first-order chi connectivity index (χ1) is 9.88. The number of benzene rings is 1. The summed E-state index contributed by atoms with van der Waals surface area (Å²) in [7, 11) is 1.51. The second kappa shape index (κ2) is 6.30. The molecule has 8 heteroatoms. The van der Waals surface area contributed by atoms with Crippen LogP contribution >= 0.6 is 15.9 Å². The van der Waals surface area contributed by atoms with E-state index >= 15 is 0 Å². The third kappa shape index (κ3) is 3.63. The molecule has 2 N–H and O–H groups in total. The first-order valence-corrected chi connectivity index (χ1v) is 7.03. The predicted molar refractivity (Wildman–Crippen MR) is 75.8 cm³/mol. The summed E-state index contributed by atoms with van der Waals surface area (Å²) in [5, 5.41) is 11.3. The van der Waals surface area contributed by atoms with Crippen molar-refractivity contribution in [3.8, 4) is 5.75 Å². The maximum Gasteiger partial charge on any atom is 0.317 e. The number of hydrogen-bond donors (Lipinski definition) is 2. The van der Waals surface area contributed by atoms with E-state index in [1.54, 1.807) is 6.07 Å². The van der Waals surface area contributed by atoms with Crippen molar-refractivity contribution in [2.24, 2.45) is 0 Å². The molecule has 0 aliphatic carbocycles. The molecule has 1 atom stereocenters. The van der Waals surface area contributed by atoms with Crippen molar-refractivity contribution >= 4 is 27.9 Å². The number of ether oxygens (including phenoxy) is 1. The molecule has 0 fully saturated rings. The molecule has 0 saturated heterocycles. The molecule has 1 heterocycles. The van der Waals surface area contributed by atoms with Gasteiger partial charge in [-0.1, -0.05) is 0 Å². The first kappa shape index (κ1) is 15.6. The molecule has 6 nitrogen and oxygen atoms in total. The average molecular weight is 361 g/mol. The van der Waals surface area contributed by atoms with Gasteiger partial charge in [-0.2, -0.15) is 0 Å². The molecule has 0 saturated carbocycles. The van der Waals surface area contributed by atoms with Gasteiger partial charge >= 0.3 is 12.0 Å². The number of nitrogens with one attached hydrogen (secondary N) is 1. The van der Waals surface area contributed by atoms with Crippen molar-refractivity contribution < 1.29 is 23.8 Å². The van der Waals surface area contributed by atoms with Gasteiger partial charge in [-0.05, 0) is 22.0 Å². The van der Waals surface area contributed by atoms with E-state index in [4.69, 9.17) is 9.84 Å². The Hall–Kier alpha value is -1.83. The lowest BCUT2D eigenvalue weighted by atomic mass is 10.1. The van der Waals surface area contributed by atoms with E-state index in [1.807, 2.05) is 0 Å². The normalized spacial score (nSPS) is 16.0. The minimum Gasteiger partial charge on any atom is -0.491 e. The lowest BCUT2D eigenvalue weighted by Gasteiger charge is -2.20. The molecule has 0 bridgehead atoms. The Morgan fingerprint density at radius 2 is 2.29 bits per heavy atom. The molecule has 1 aliphatic heterocycles. The number of aliphatic carboxylic acids is 1. The van der Waals surface area contributed by atoms with Gasteiger partial charge in [-0.3, -0.25) is 4.79 Å². The van der Waals surface area contributed by atoms with Crippen molar-refractivity contribution in [3.63, 3.8) is 0 Å². The van der Waals surface area contributed by atoms with Crippen LogP contribution in [-0.2, 0) is 4.79 Å². The molecule has 0 aromatic heterocycles. The fourth-order valence-corrected chi connectivity index (χ4v) is 2.31. The van der Waals surface area contributed by atoms with Crippen LogP contribution in [0.15, 0.2) is 16.6 Å². The van der Waals surface area contributed by atoms with E-state index in [-0.39, 0.29) is 19.6 Å². The van der Waals surface area contributed by atoms with Gasteiger partial charge in [0.2, 0.25) is 0 Å². The van der Waals surface area contributed by atoms with Crippen LogP contribution in [0, 0.1) is 5.82 Å². The number of nitrogens with zero attached hydrogens (tertiary/aromatic N) is 1. The van der Waals surface area contributed by atoms with Crippen molar-refractivity contribution in [1.29, 1.82) is 0 Å². The van der Waals surface area contributed by atoms with Gasteiger partial charge in [0.25, 0.3) is 0 Å². The Bertz CT molecular complexity index is 582. The minimum absolute atomic E-state index is 0.106. The second-order valence-electron chi connectivity index (χ2n) is 4.68. The highest BCUT2D eigenvalue weighted by atomic mass is 79.9. The fraction of sp³-hybridized carbons (Fsp3) is 0.385. The molecule has 1 aromatic rings. The summed E-state index contributed by atoms with van der Waals surface area (Å²) in [6.07, 6.45) is -0.127. The van der Waals surface area contributed by atoms with E-state index in [0.717, 1.165) is 0 Å². The van der Waals surface area contributed by atoms with Gasteiger partial charge in [0, 0.05) is 25.2 Å². The number of halogens is 2. The van der Waals surface area contributed by atoms with E-state index in [9.17, 15) is 14.0 Å². The highest BCUT2D eigenvalue weighted by Crippen LogP contribution is 2.36. The number of rotatable bonds is 4. The molecular weight excluding hydrogens is 347 g/mol. The maximum absolute atomic E-state index is 13.4. The number of carboxylic acid groups (broad SMARTS) is 1. The van der Waals surface area contributed by atoms with E-state index in [1.165, 1.54) is 18.0 Å². The summed E-state index contributed by atoms with van der Waals surface area (Å²) >= 11 is 3.09. The van der Waals surface area contributed by atoms with Crippen molar-refractivity contribution in [3.05, 3.63) is 28.0 Å². The van der Waals surface area contributed by atoms with Gasteiger partial charge in [-0.25, -0.2) is 9.18 Å². The number of carbonyl (C=O) groups is 2. The SMILES string of the molecule is CN(CCC(=O)O)C(=O)NC1COc2cc(F)c(Br)cc21. The Morgan fingerprint density at radius 1 is 1.57 bits per heavy atom. The molecule has 1 aliphatic rings. The van der Waals surface area contributed by atoms with Crippen LogP contribution in [0.25, 0.3) is 0 Å². The largest absolute Gasteiger partial charge is 0.491 e. The third-order valence-electron chi connectivity index (χ3n) is 3.14. The number of carboxylic acids is 1. The highest BCUT2D eigenvalue weighted by Gasteiger charge is 2.28. The van der Waals surface area contributed by atoms with Gasteiger partial charge in [0.1, 0.15) is 18.2 Å². The van der Waals surface area contributed by atoms with Crippen LogP contribution in [0.3, 0.4) is 0 Å². The zero-order chi connectivity index (χ0) is 15.6. The first-order valence-electron chi connectivity index (χ1n) is 6.23. The van der Waals surface area contributed by atoms with Crippen LogP contribution in [0.1, 0.15) is 18.0 Å². The summed E-state index contributed by atoms with van der Waals surface area (Å²) < 4.78 is 19.0. The molecule has 0 spiro atoms. The lowest BCUT2D eigenvalue weighted by Crippen LogP contribution is -2.40. The van der Waals surface area contributed by atoms with Crippen LogP contribution in [-0.4, -0.2) is 42.2 Å². The molecule has 2 amide bonds. The number of amides is 2. The van der Waals surface area contributed by atoms with Crippen molar-refractivity contribution in [2.75, 3.05) is 20.2 Å². The molecule has 0 radical (unpaired) electrons. The average Bonchev–Trinajstić information content (AvgIpc) is 2.79. The summed E-state index contributed by atoms with van der Waals surface area (Å²) in [6.45, 7) is 0.318. The monoisotopic (exact) mass is 360 g/mol. The molecule has 114 valence electrons. The standard InChI is InChI=1S/C13H14BrFN2O4/c1-17(3-2-12(18)19)13(20)16-10-6-21-11-5-9(15)8(14)4-7(10)11/h4-5,10H,2-3,6H2,1H3,(H,16,20)(H,18,19). The molecule has 21 heavy (non-hydrogen) atoms. The van der Waals surface area contributed by atoms with Gasteiger partial charge in [-0.15, -0.1) is 0 Å². The Balaban J connectivity index is 2.01. The summed E-state index contributed by atoms with van der Waals surface area (Å²) in [4.78, 5) is 23.7. The van der Waals surface area contributed by atoms with E-state index in [0.29, 0.717) is 15.8 Å². The molecule has 1 aromatic carbocycles. The summed E-state index contributed by atoms with van der Waals surface area (Å²) in [5.74, 6) is -1.00. The van der Waals surface area contributed by atoms with Crippen LogP contribution in [0.5, 0.6) is 5.75 Å². The van der Waals surface area contributed by atoms with Crippen LogP contribution in [0.2, 0.25) is 0 Å². The number of fused-ring (bicyclic) bond motifs is 1. The number of urea groups is 1. The molecule has 2 rings (SSSR count). The van der Waals surface area contributed by atoms with Gasteiger partial charge < -0.3 is 20.1 Å². The van der Waals surface area contributed by atoms with Gasteiger partial charge in [0.15, 0.2) is 0 Å². The van der Waals surface area contributed by atoms with Crippen LogP contribution in [0.4, 0.5) is 9.18 Å². The highest BCUT2D eigenvalue weighted by molar-refractivity contribution is 9.10. The maximum atomic E-state index is 13.4. The Labute approximate surface area is 129 Å². The smallest absolute Gasteiger partial charge is 0.317 e. The van der Waals surface area contributed by atoms with E-state index < -0.39 is 23.9 Å². The molecule has 1 unspecified atom stereocenters. The zero-order valence-electron chi connectivity index (χ0n) is 11.2. The van der Waals surface area contributed by atoms with Crippen LogP contribution < -0.4 is 10.1 Å². The van der Waals surface area contributed by atoms with E-state index in [2.05, 4.69) is 21.2 Å². The minimum atomic E-state index is -0.969. The quantitative estimate of drug-likeness (QED) is 0.861. The zero-order valence-corrected chi connectivity index (χ0v) is 12.8. The Kier molecular flexibility index (Phi) is 4.66. The van der Waals surface area contributed by atoms with Gasteiger partial charge in [0.05, 0.1) is 16.9 Å². The molecular formula is C13H14BrFN2O4. The summed E-state index contributed by atoms with van der Waals surface area (Å²) in [6, 6.07) is 2.04. The van der Waals surface area contributed by atoms with Crippen molar-refractivity contribution in [2.45, 2.75) is 12.5 Å². The fourth-order valence-electron chi connectivity index (χ4n) is 1.95. The van der Waals surface area contributed by atoms with Crippen molar-refractivity contribution in [1.82, 2.24) is 10.2 Å². The predicted octanol–water partition coefficient (Wildman–Crippen LogP) is 2.14. The topological polar surface area (TPSA) is 78.9 Å². The number of carbonyl (C=O) groups excluding carboxylic acids is 1. The number of hydrogen-bond acceptors (Lipinski definition) is 3. The second-order valence-corrected chi connectivity index (χ2v) is 5.54.